The second kappa shape index (κ2) is 9.60. The molecular formula is C16H22Cl2N4O2S. The van der Waals surface area contributed by atoms with Crippen molar-refractivity contribution in [3.63, 3.8) is 0 Å². The van der Waals surface area contributed by atoms with Crippen molar-refractivity contribution in [2.75, 3.05) is 16.4 Å². The number of carbonyl (C=O) groups is 2. The maximum absolute atomic E-state index is 12.0. The molecule has 6 nitrogen and oxygen atoms in total. The average Bonchev–Trinajstić information content (AvgIpc) is 2.87. The van der Waals surface area contributed by atoms with E-state index in [1.165, 1.54) is 11.3 Å². The summed E-state index contributed by atoms with van der Waals surface area (Å²) < 4.78 is 0. The molecule has 0 aliphatic carbocycles. The number of hydrogen-bond acceptors (Lipinski definition) is 5. The number of thiazole rings is 1. The van der Waals surface area contributed by atoms with Gasteiger partial charge in [0.2, 0.25) is 11.8 Å². The molecule has 9 heteroatoms. The lowest BCUT2D eigenvalue weighted by Crippen LogP contribution is -2.27. The molecule has 0 radical (unpaired) electrons. The molecule has 0 fully saturated rings. The van der Waals surface area contributed by atoms with Crippen LogP contribution in [-0.2, 0) is 16.0 Å². The molecule has 0 aliphatic rings. The van der Waals surface area contributed by atoms with Crippen molar-refractivity contribution >= 4 is 64.5 Å². The molecule has 1 aromatic heterocycles. The summed E-state index contributed by atoms with van der Waals surface area (Å²) in [5.74, 6) is -0.318. The molecule has 138 valence electrons. The van der Waals surface area contributed by atoms with Crippen LogP contribution in [0.2, 0.25) is 0 Å². The van der Waals surface area contributed by atoms with Crippen LogP contribution in [0, 0.1) is 5.41 Å². The number of aromatic nitrogens is 1. The summed E-state index contributed by atoms with van der Waals surface area (Å²) in [5, 5.41) is 7.75. The van der Waals surface area contributed by atoms with E-state index in [4.69, 9.17) is 5.73 Å². The third kappa shape index (κ3) is 6.89. The van der Waals surface area contributed by atoms with E-state index in [1.54, 1.807) is 29.6 Å². The predicted molar refractivity (Wildman–Crippen MR) is 108 cm³/mol. The molecule has 1 aromatic carbocycles. The van der Waals surface area contributed by atoms with Gasteiger partial charge in [-0.2, -0.15) is 0 Å². The molecule has 0 aliphatic heterocycles. The number of rotatable bonds is 4. The first-order valence-electron chi connectivity index (χ1n) is 7.16. The number of para-hydroxylation sites is 2. The highest BCUT2D eigenvalue weighted by molar-refractivity contribution is 7.13. The third-order valence-electron chi connectivity index (χ3n) is 3.03. The minimum absolute atomic E-state index is 0. The van der Waals surface area contributed by atoms with Crippen LogP contribution in [-0.4, -0.2) is 16.8 Å². The summed E-state index contributed by atoms with van der Waals surface area (Å²) in [6.07, 6.45) is 0.121. The number of amides is 2. The average molecular weight is 405 g/mol. The lowest BCUT2D eigenvalue weighted by atomic mass is 9.96. The quantitative estimate of drug-likeness (QED) is 0.675. The number of anilines is 3. The van der Waals surface area contributed by atoms with Crippen LogP contribution < -0.4 is 16.4 Å². The second-order valence-corrected chi connectivity index (χ2v) is 7.02. The fourth-order valence-corrected chi connectivity index (χ4v) is 2.41. The molecule has 0 atom stereocenters. The van der Waals surface area contributed by atoms with E-state index in [0.29, 0.717) is 22.2 Å². The van der Waals surface area contributed by atoms with Gasteiger partial charge in [0.25, 0.3) is 0 Å². The first kappa shape index (κ1) is 23.2. The number of carbonyl (C=O) groups excluding carboxylic acids is 2. The third-order valence-corrected chi connectivity index (χ3v) is 3.84. The van der Waals surface area contributed by atoms with Crippen molar-refractivity contribution in [1.29, 1.82) is 0 Å². The Hall–Kier alpha value is -1.83. The summed E-state index contributed by atoms with van der Waals surface area (Å²) in [6, 6.07) is 7.06. The number of halogens is 2. The Morgan fingerprint density at radius 3 is 2.40 bits per heavy atom. The van der Waals surface area contributed by atoms with Gasteiger partial charge in [0.05, 0.1) is 23.5 Å². The van der Waals surface area contributed by atoms with Crippen LogP contribution >= 0.6 is 36.2 Å². The van der Waals surface area contributed by atoms with Crippen molar-refractivity contribution in [2.45, 2.75) is 27.2 Å². The van der Waals surface area contributed by atoms with Gasteiger partial charge in [-0.15, -0.1) is 36.2 Å². The smallest absolute Gasteiger partial charge is 0.231 e. The van der Waals surface area contributed by atoms with Crippen LogP contribution in [0.1, 0.15) is 26.5 Å². The number of nitrogen functional groups attached to an aromatic ring is 1. The summed E-state index contributed by atoms with van der Waals surface area (Å²) in [6.45, 7) is 5.48. The topological polar surface area (TPSA) is 97.1 Å². The fourth-order valence-electron chi connectivity index (χ4n) is 1.70. The van der Waals surface area contributed by atoms with Crippen molar-refractivity contribution in [2.24, 2.45) is 5.41 Å². The minimum Gasteiger partial charge on any atom is -0.397 e. The molecular weight excluding hydrogens is 383 g/mol. The Balaban J connectivity index is 0.00000288. The summed E-state index contributed by atoms with van der Waals surface area (Å²) >= 11 is 1.30. The highest BCUT2D eigenvalue weighted by atomic mass is 35.5. The van der Waals surface area contributed by atoms with Crippen LogP contribution in [0.4, 0.5) is 16.5 Å². The molecule has 0 unspecified atom stereocenters. The summed E-state index contributed by atoms with van der Waals surface area (Å²) in [5.41, 5.74) is 6.99. The number of nitrogens with zero attached hydrogens (tertiary/aromatic N) is 1. The highest BCUT2D eigenvalue weighted by Crippen LogP contribution is 2.21. The zero-order valence-electron chi connectivity index (χ0n) is 14.2. The summed E-state index contributed by atoms with van der Waals surface area (Å²) in [7, 11) is 0. The molecule has 25 heavy (non-hydrogen) atoms. The Morgan fingerprint density at radius 2 is 1.80 bits per heavy atom. The molecule has 2 rings (SSSR count). The Labute approximate surface area is 163 Å². The van der Waals surface area contributed by atoms with Crippen LogP contribution in [0.5, 0.6) is 0 Å². The monoisotopic (exact) mass is 404 g/mol. The Kier molecular flexibility index (Phi) is 8.90. The van der Waals surface area contributed by atoms with E-state index in [2.05, 4.69) is 15.6 Å². The van der Waals surface area contributed by atoms with Gasteiger partial charge in [-0.05, 0) is 12.1 Å². The van der Waals surface area contributed by atoms with Gasteiger partial charge in [0.1, 0.15) is 0 Å². The molecule has 2 amide bonds. The van der Waals surface area contributed by atoms with Gasteiger partial charge in [-0.1, -0.05) is 32.9 Å². The van der Waals surface area contributed by atoms with E-state index in [-0.39, 0.29) is 43.0 Å². The van der Waals surface area contributed by atoms with Gasteiger partial charge < -0.3 is 16.4 Å². The van der Waals surface area contributed by atoms with Crippen molar-refractivity contribution in [3.8, 4) is 0 Å². The van der Waals surface area contributed by atoms with Gasteiger partial charge in [-0.25, -0.2) is 4.98 Å². The molecule has 2 aromatic rings. The maximum atomic E-state index is 12.0. The number of nitrogens with two attached hydrogens (primary N) is 1. The van der Waals surface area contributed by atoms with Crippen LogP contribution in [0.25, 0.3) is 0 Å². The van der Waals surface area contributed by atoms with Crippen LogP contribution in [0.3, 0.4) is 0 Å². The Bertz CT molecular complexity index is 729. The second-order valence-electron chi connectivity index (χ2n) is 6.16. The normalized spacial score (nSPS) is 10.2. The molecule has 1 heterocycles. The standard InChI is InChI=1S/C16H20N4O2S.2ClH/c1-16(2,3)14(22)20-15-18-10(9-23-15)8-13(21)19-12-7-5-4-6-11(12)17;;/h4-7,9H,8,17H2,1-3H3,(H,19,21)(H,18,20,22);2*1H. The van der Waals surface area contributed by atoms with E-state index in [1.807, 2.05) is 20.8 Å². The minimum atomic E-state index is -0.492. The van der Waals surface area contributed by atoms with Gasteiger partial charge in [-0.3, -0.25) is 9.59 Å². The fraction of sp³-hybridized carbons (Fsp3) is 0.312. The zero-order valence-corrected chi connectivity index (χ0v) is 16.6. The lowest BCUT2D eigenvalue weighted by molar-refractivity contribution is -0.123. The maximum Gasteiger partial charge on any atom is 0.231 e. The first-order valence-corrected chi connectivity index (χ1v) is 8.04. The van der Waals surface area contributed by atoms with Crippen molar-refractivity contribution < 1.29 is 9.59 Å². The highest BCUT2D eigenvalue weighted by Gasteiger charge is 2.22. The molecule has 4 N–H and O–H groups in total. The number of hydrogen-bond donors (Lipinski definition) is 3. The predicted octanol–water partition coefficient (Wildman–Crippen LogP) is 3.73. The number of benzene rings is 1. The molecule has 0 bridgehead atoms. The molecule has 0 saturated heterocycles. The van der Waals surface area contributed by atoms with E-state index < -0.39 is 5.41 Å². The van der Waals surface area contributed by atoms with E-state index in [0.717, 1.165) is 0 Å². The molecule has 0 spiro atoms. The van der Waals surface area contributed by atoms with Gasteiger partial charge in [0, 0.05) is 10.8 Å². The largest absolute Gasteiger partial charge is 0.397 e. The number of nitrogens with one attached hydrogen (secondary N) is 2. The summed E-state index contributed by atoms with van der Waals surface area (Å²) in [4.78, 5) is 28.2. The van der Waals surface area contributed by atoms with Gasteiger partial charge in [0.15, 0.2) is 5.13 Å². The van der Waals surface area contributed by atoms with Crippen molar-refractivity contribution in [1.82, 2.24) is 4.98 Å². The zero-order chi connectivity index (χ0) is 17.0. The lowest BCUT2D eigenvalue weighted by Gasteiger charge is -2.15. The van der Waals surface area contributed by atoms with E-state index in [9.17, 15) is 9.59 Å². The molecule has 0 saturated carbocycles. The van der Waals surface area contributed by atoms with Gasteiger partial charge >= 0.3 is 0 Å². The Morgan fingerprint density at radius 1 is 1.16 bits per heavy atom. The SMILES string of the molecule is CC(C)(C)C(=O)Nc1nc(CC(=O)Nc2ccccc2N)cs1.Cl.Cl. The van der Waals surface area contributed by atoms with Crippen molar-refractivity contribution in [3.05, 3.63) is 35.3 Å². The van der Waals surface area contributed by atoms with Crippen LogP contribution in [0.15, 0.2) is 29.6 Å². The first-order chi connectivity index (χ1) is 10.8. The van der Waals surface area contributed by atoms with E-state index >= 15 is 0 Å².